The molecule has 5 rings (SSSR count). The van der Waals surface area contributed by atoms with Crippen molar-refractivity contribution in [3.63, 3.8) is 0 Å². The summed E-state index contributed by atoms with van der Waals surface area (Å²) in [5.41, 5.74) is 0.128. The van der Waals surface area contributed by atoms with Crippen LogP contribution >= 0.6 is 11.6 Å². The summed E-state index contributed by atoms with van der Waals surface area (Å²) >= 11 is 6.08. The van der Waals surface area contributed by atoms with E-state index in [0.717, 1.165) is 24.0 Å². The van der Waals surface area contributed by atoms with E-state index in [1.807, 2.05) is 60.7 Å². The van der Waals surface area contributed by atoms with Crippen molar-refractivity contribution < 1.29 is 18.8 Å². The molecule has 2 bridgehead atoms. The minimum absolute atomic E-state index is 0.0555. The van der Waals surface area contributed by atoms with E-state index in [1.165, 1.54) is 43.3 Å². The zero-order chi connectivity index (χ0) is 21.3. The standard InChI is InChI=1S/C26H31ClNO3/c27-19-30-26(20-9-3-1-4-10-20,21-11-5-2-6-12-21)25(29)31-24-17-22-13-14-23(18-24)28(22)15-7-8-16-28/h1-6,9-12,22-24H,7-8,13-19H2/q+1. The molecule has 0 aromatic heterocycles. The predicted octanol–water partition coefficient (Wildman–Crippen LogP) is 4.99. The summed E-state index contributed by atoms with van der Waals surface area (Å²) in [6.45, 7) is 2.62. The molecule has 2 aromatic carbocycles. The van der Waals surface area contributed by atoms with Crippen LogP contribution in [0.2, 0.25) is 0 Å². The maximum absolute atomic E-state index is 13.9. The lowest BCUT2D eigenvalue weighted by atomic mass is 9.85. The fourth-order valence-corrected chi connectivity index (χ4v) is 6.76. The summed E-state index contributed by atoms with van der Waals surface area (Å²) in [5, 5.41) is 0. The molecule has 2 aromatic rings. The van der Waals surface area contributed by atoms with Crippen molar-refractivity contribution in [2.24, 2.45) is 0 Å². The lowest BCUT2D eigenvalue weighted by molar-refractivity contribution is -0.956. The summed E-state index contributed by atoms with van der Waals surface area (Å²) < 4.78 is 13.6. The number of carbonyl (C=O) groups excluding carboxylic acids is 1. The number of carbonyl (C=O) groups is 1. The highest BCUT2D eigenvalue weighted by Crippen LogP contribution is 2.47. The molecule has 0 saturated carbocycles. The zero-order valence-corrected chi connectivity index (χ0v) is 18.7. The summed E-state index contributed by atoms with van der Waals surface area (Å²) in [5.74, 6) is -0.357. The average molecular weight is 441 g/mol. The quantitative estimate of drug-likeness (QED) is 0.360. The van der Waals surface area contributed by atoms with Crippen LogP contribution in [0.4, 0.5) is 0 Å². The van der Waals surface area contributed by atoms with Gasteiger partial charge in [-0.25, -0.2) is 4.79 Å². The van der Waals surface area contributed by atoms with E-state index >= 15 is 0 Å². The highest BCUT2D eigenvalue weighted by atomic mass is 35.5. The van der Waals surface area contributed by atoms with Crippen LogP contribution in [0, 0.1) is 0 Å². The van der Waals surface area contributed by atoms with Crippen molar-refractivity contribution in [2.75, 3.05) is 19.2 Å². The van der Waals surface area contributed by atoms with E-state index < -0.39 is 5.60 Å². The number of nitrogens with zero attached hydrogens (tertiary/aromatic N) is 1. The van der Waals surface area contributed by atoms with Gasteiger partial charge in [0.05, 0.1) is 25.2 Å². The summed E-state index contributed by atoms with van der Waals surface area (Å²) in [6.07, 6.45) is 7.07. The molecule has 5 heteroatoms. The minimum Gasteiger partial charge on any atom is -0.459 e. The zero-order valence-electron chi connectivity index (χ0n) is 17.9. The normalized spacial score (nSPS) is 26.8. The van der Waals surface area contributed by atoms with Crippen molar-refractivity contribution in [1.29, 1.82) is 0 Å². The molecule has 0 N–H and O–H groups in total. The molecular weight excluding hydrogens is 410 g/mol. The molecule has 0 radical (unpaired) electrons. The van der Waals surface area contributed by atoms with Crippen LogP contribution in [-0.2, 0) is 19.9 Å². The molecule has 3 aliphatic heterocycles. The number of esters is 1. The molecule has 0 amide bonds. The van der Waals surface area contributed by atoms with Crippen LogP contribution in [0.1, 0.15) is 49.7 Å². The molecular formula is C26H31ClNO3+. The Morgan fingerprint density at radius 1 is 0.903 bits per heavy atom. The fraction of sp³-hybridized carbons (Fsp3) is 0.500. The second-order valence-electron chi connectivity index (χ2n) is 9.31. The van der Waals surface area contributed by atoms with Crippen molar-refractivity contribution >= 4 is 17.6 Å². The SMILES string of the molecule is O=C(OC1CC2CCC(C1)[N+]21CCCC1)C(OCCl)(c1ccccc1)c1ccccc1. The number of rotatable bonds is 6. The third-order valence-electron chi connectivity index (χ3n) is 7.95. The molecule has 4 nitrogen and oxygen atoms in total. The fourth-order valence-electron chi connectivity index (χ4n) is 6.60. The van der Waals surface area contributed by atoms with Gasteiger partial charge in [0.15, 0.2) is 0 Å². The van der Waals surface area contributed by atoms with Gasteiger partial charge in [0.2, 0.25) is 5.60 Å². The number of hydrogen-bond donors (Lipinski definition) is 0. The lowest BCUT2D eigenvalue weighted by Crippen LogP contribution is -2.60. The first-order chi connectivity index (χ1) is 15.2. The molecule has 2 unspecified atom stereocenters. The average Bonchev–Trinajstić information content (AvgIpc) is 3.35. The van der Waals surface area contributed by atoms with Crippen molar-refractivity contribution in [1.82, 2.24) is 0 Å². The maximum Gasteiger partial charge on any atom is 0.348 e. The van der Waals surface area contributed by atoms with Crippen LogP contribution in [-0.4, -0.2) is 47.8 Å². The molecule has 1 spiro atoms. The Hall–Kier alpha value is -1.88. The third-order valence-corrected chi connectivity index (χ3v) is 8.06. The van der Waals surface area contributed by atoms with Crippen LogP contribution in [0.15, 0.2) is 60.7 Å². The van der Waals surface area contributed by atoms with Crippen molar-refractivity contribution in [2.45, 2.75) is 62.3 Å². The van der Waals surface area contributed by atoms with E-state index in [-0.39, 0.29) is 18.1 Å². The highest BCUT2D eigenvalue weighted by Gasteiger charge is 2.56. The Kier molecular flexibility index (Phi) is 5.80. The Bertz CT molecular complexity index is 842. The van der Waals surface area contributed by atoms with Crippen LogP contribution in [0.3, 0.4) is 0 Å². The summed E-state index contributed by atoms with van der Waals surface area (Å²) in [6, 6.07) is 20.4. The largest absolute Gasteiger partial charge is 0.459 e. The minimum atomic E-state index is -1.36. The number of alkyl halides is 1. The first-order valence-electron chi connectivity index (χ1n) is 11.6. The number of halogens is 1. The molecule has 3 aliphatic rings. The lowest BCUT2D eigenvalue weighted by Gasteiger charge is -2.47. The van der Waals surface area contributed by atoms with Gasteiger partial charge in [-0.1, -0.05) is 72.3 Å². The van der Waals surface area contributed by atoms with Gasteiger partial charge >= 0.3 is 5.97 Å². The molecule has 31 heavy (non-hydrogen) atoms. The number of benzene rings is 2. The van der Waals surface area contributed by atoms with Crippen LogP contribution < -0.4 is 0 Å². The van der Waals surface area contributed by atoms with Crippen LogP contribution in [0.25, 0.3) is 0 Å². The Morgan fingerprint density at radius 2 is 1.42 bits per heavy atom. The smallest absolute Gasteiger partial charge is 0.348 e. The first kappa shape index (κ1) is 21.0. The molecule has 3 saturated heterocycles. The van der Waals surface area contributed by atoms with Gasteiger partial charge < -0.3 is 14.0 Å². The molecule has 3 fully saturated rings. The topological polar surface area (TPSA) is 35.5 Å². The van der Waals surface area contributed by atoms with E-state index in [0.29, 0.717) is 12.1 Å². The second kappa shape index (κ2) is 8.57. The Labute approximate surface area is 189 Å². The van der Waals surface area contributed by atoms with E-state index in [4.69, 9.17) is 21.1 Å². The Balaban J connectivity index is 1.44. The van der Waals surface area contributed by atoms with Gasteiger partial charge in [-0.05, 0) is 11.1 Å². The molecule has 3 heterocycles. The number of ether oxygens (including phenoxy) is 2. The maximum atomic E-state index is 13.9. The summed E-state index contributed by atoms with van der Waals surface area (Å²) in [7, 11) is 0. The van der Waals surface area contributed by atoms with E-state index in [9.17, 15) is 4.79 Å². The number of hydrogen-bond acceptors (Lipinski definition) is 3. The van der Waals surface area contributed by atoms with Gasteiger partial charge in [0.25, 0.3) is 0 Å². The molecule has 0 aliphatic carbocycles. The van der Waals surface area contributed by atoms with E-state index in [1.54, 1.807) is 0 Å². The van der Waals surface area contributed by atoms with E-state index in [2.05, 4.69) is 0 Å². The summed E-state index contributed by atoms with van der Waals surface area (Å²) in [4.78, 5) is 13.9. The van der Waals surface area contributed by atoms with Gasteiger partial charge in [-0.2, -0.15) is 0 Å². The Morgan fingerprint density at radius 3 is 1.90 bits per heavy atom. The van der Waals surface area contributed by atoms with Gasteiger partial charge in [-0.15, -0.1) is 0 Å². The second-order valence-corrected chi connectivity index (χ2v) is 9.53. The van der Waals surface area contributed by atoms with Crippen LogP contribution in [0.5, 0.6) is 0 Å². The van der Waals surface area contributed by atoms with Gasteiger partial charge in [-0.3, -0.25) is 0 Å². The monoisotopic (exact) mass is 440 g/mol. The number of quaternary nitrogens is 1. The van der Waals surface area contributed by atoms with Gasteiger partial charge in [0.1, 0.15) is 12.2 Å². The molecule has 2 atom stereocenters. The van der Waals surface area contributed by atoms with Crippen molar-refractivity contribution in [3.05, 3.63) is 71.8 Å². The predicted molar refractivity (Wildman–Crippen MR) is 121 cm³/mol. The van der Waals surface area contributed by atoms with Crippen molar-refractivity contribution in [3.8, 4) is 0 Å². The molecule has 164 valence electrons. The van der Waals surface area contributed by atoms with Gasteiger partial charge in [0, 0.05) is 38.5 Å². The first-order valence-corrected chi connectivity index (χ1v) is 12.1. The highest BCUT2D eigenvalue weighted by molar-refractivity contribution is 6.17. The third kappa shape index (κ3) is 3.49. The number of piperidine rings is 1.